The molecule has 21 heavy (non-hydrogen) atoms. The van der Waals surface area contributed by atoms with E-state index < -0.39 is 0 Å². The second-order valence-corrected chi connectivity index (χ2v) is 6.36. The highest BCUT2D eigenvalue weighted by atomic mass is 16.5. The molecule has 1 aliphatic carbocycles. The van der Waals surface area contributed by atoms with E-state index in [1.807, 2.05) is 17.9 Å². The van der Waals surface area contributed by atoms with Gasteiger partial charge >= 0.3 is 0 Å². The van der Waals surface area contributed by atoms with E-state index in [0.29, 0.717) is 11.8 Å². The van der Waals surface area contributed by atoms with Gasteiger partial charge in [0.05, 0.1) is 19.0 Å². The summed E-state index contributed by atoms with van der Waals surface area (Å²) in [6, 6.07) is 0. The van der Waals surface area contributed by atoms with Crippen molar-refractivity contribution >= 4 is 0 Å². The summed E-state index contributed by atoms with van der Waals surface area (Å²) in [5.74, 6) is 3.08. The van der Waals surface area contributed by atoms with Crippen LogP contribution >= 0.6 is 0 Å². The molecular weight excluding hydrogens is 262 g/mol. The molecule has 2 rings (SSSR count). The molecular formula is C17H31N3O. The molecule has 0 bridgehead atoms. The molecule has 1 heterocycles. The largest absolute Gasteiger partial charge is 0.493 e. The van der Waals surface area contributed by atoms with E-state index in [1.165, 1.54) is 37.8 Å². The molecule has 0 saturated heterocycles. The second-order valence-electron chi connectivity index (χ2n) is 6.36. The lowest BCUT2D eigenvalue weighted by Gasteiger charge is -2.36. The molecule has 1 saturated carbocycles. The van der Waals surface area contributed by atoms with Crippen molar-refractivity contribution in [3.63, 3.8) is 0 Å². The molecule has 4 nitrogen and oxygen atoms in total. The van der Waals surface area contributed by atoms with Crippen LogP contribution in [0.3, 0.4) is 0 Å². The fourth-order valence-electron chi connectivity index (χ4n) is 3.91. The average Bonchev–Trinajstić information content (AvgIpc) is 2.87. The molecule has 1 N–H and O–H groups in total. The first-order valence-electron chi connectivity index (χ1n) is 8.47. The summed E-state index contributed by atoms with van der Waals surface area (Å²) < 4.78 is 7.59. The van der Waals surface area contributed by atoms with E-state index >= 15 is 0 Å². The molecule has 1 fully saturated rings. The predicted octanol–water partition coefficient (Wildman–Crippen LogP) is 3.34. The summed E-state index contributed by atoms with van der Waals surface area (Å²) in [5.41, 5.74) is 1.29. The Balaban J connectivity index is 2.21. The third-order valence-corrected chi connectivity index (χ3v) is 4.98. The van der Waals surface area contributed by atoms with Crippen LogP contribution in [-0.2, 0) is 7.05 Å². The van der Waals surface area contributed by atoms with Crippen molar-refractivity contribution in [2.45, 2.75) is 51.9 Å². The summed E-state index contributed by atoms with van der Waals surface area (Å²) in [6.07, 6.45) is 8.47. The quantitative estimate of drug-likeness (QED) is 0.838. The Morgan fingerprint density at radius 1 is 1.38 bits per heavy atom. The highest BCUT2D eigenvalue weighted by Gasteiger charge is 2.34. The minimum Gasteiger partial charge on any atom is -0.493 e. The molecule has 1 aliphatic rings. The molecule has 3 atom stereocenters. The van der Waals surface area contributed by atoms with Gasteiger partial charge in [-0.05, 0) is 37.8 Å². The zero-order valence-corrected chi connectivity index (χ0v) is 14.1. The van der Waals surface area contributed by atoms with Crippen LogP contribution in [0.1, 0.15) is 57.6 Å². The number of methoxy groups -OCH3 is 1. The van der Waals surface area contributed by atoms with Gasteiger partial charge in [0.2, 0.25) is 0 Å². The summed E-state index contributed by atoms with van der Waals surface area (Å²) in [4.78, 5) is 0. The van der Waals surface area contributed by atoms with Gasteiger partial charge in [-0.3, -0.25) is 4.68 Å². The van der Waals surface area contributed by atoms with Crippen molar-refractivity contribution in [2.75, 3.05) is 20.2 Å². The minimum atomic E-state index is 0.566. The molecule has 0 spiro atoms. The zero-order chi connectivity index (χ0) is 15.2. The topological polar surface area (TPSA) is 39.1 Å². The second kappa shape index (κ2) is 7.83. The Morgan fingerprint density at radius 3 is 2.86 bits per heavy atom. The molecule has 3 unspecified atom stereocenters. The summed E-state index contributed by atoms with van der Waals surface area (Å²) in [6.45, 7) is 6.63. The van der Waals surface area contributed by atoms with Crippen molar-refractivity contribution in [3.8, 4) is 5.75 Å². The van der Waals surface area contributed by atoms with Crippen LogP contribution in [0.25, 0.3) is 0 Å². The van der Waals surface area contributed by atoms with E-state index in [2.05, 4.69) is 24.3 Å². The maximum Gasteiger partial charge on any atom is 0.160 e. The summed E-state index contributed by atoms with van der Waals surface area (Å²) in [5, 5.41) is 7.96. The predicted molar refractivity (Wildman–Crippen MR) is 86.8 cm³/mol. The monoisotopic (exact) mass is 293 g/mol. The number of nitrogens with one attached hydrogen (secondary N) is 1. The third-order valence-electron chi connectivity index (χ3n) is 4.98. The number of hydrogen-bond acceptors (Lipinski definition) is 3. The van der Waals surface area contributed by atoms with Crippen molar-refractivity contribution in [1.82, 2.24) is 15.1 Å². The van der Waals surface area contributed by atoms with Gasteiger partial charge in [0, 0.05) is 13.0 Å². The van der Waals surface area contributed by atoms with Crippen LogP contribution in [0, 0.1) is 11.8 Å². The van der Waals surface area contributed by atoms with Crippen LogP contribution < -0.4 is 10.1 Å². The molecule has 0 amide bonds. The normalized spacial score (nSPS) is 26.0. The van der Waals surface area contributed by atoms with E-state index in [0.717, 1.165) is 24.8 Å². The smallest absolute Gasteiger partial charge is 0.160 e. The maximum absolute atomic E-state index is 5.56. The number of aryl methyl sites for hydroxylation is 1. The van der Waals surface area contributed by atoms with E-state index in [4.69, 9.17) is 4.74 Å². The fourth-order valence-corrected chi connectivity index (χ4v) is 3.91. The maximum atomic E-state index is 5.56. The molecule has 0 aliphatic heterocycles. The standard InChI is InChI=1S/C17H31N3O/c1-5-7-13-8-9-14(11-18-6-2)15(10-13)17-16(21-4)12-19-20(17)3/h12-15,18H,5-11H2,1-4H3. The van der Waals surface area contributed by atoms with Crippen molar-refractivity contribution in [2.24, 2.45) is 18.9 Å². The average molecular weight is 293 g/mol. The van der Waals surface area contributed by atoms with Crippen LogP contribution in [0.15, 0.2) is 6.20 Å². The Bertz CT molecular complexity index is 430. The lowest BCUT2D eigenvalue weighted by atomic mass is 9.71. The molecule has 1 aromatic rings. The van der Waals surface area contributed by atoms with Crippen LogP contribution in [-0.4, -0.2) is 30.0 Å². The number of nitrogens with zero attached hydrogens (tertiary/aromatic N) is 2. The number of rotatable bonds is 7. The Kier molecular flexibility index (Phi) is 6.09. The van der Waals surface area contributed by atoms with Crippen molar-refractivity contribution < 1.29 is 4.74 Å². The first-order chi connectivity index (χ1) is 10.2. The van der Waals surface area contributed by atoms with Gasteiger partial charge in [0.25, 0.3) is 0 Å². The molecule has 4 heteroatoms. The van der Waals surface area contributed by atoms with E-state index in [-0.39, 0.29) is 0 Å². The highest BCUT2D eigenvalue weighted by molar-refractivity contribution is 5.29. The SMILES string of the molecule is CCCC1CCC(CNCC)C(c2c(OC)cnn2C)C1. The summed E-state index contributed by atoms with van der Waals surface area (Å²) in [7, 11) is 3.80. The number of aromatic nitrogens is 2. The minimum absolute atomic E-state index is 0.566. The van der Waals surface area contributed by atoms with Gasteiger partial charge in [0.15, 0.2) is 5.75 Å². The fraction of sp³-hybridized carbons (Fsp3) is 0.824. The van der Waals surface area contributed by atoms with Gasteiger partial charge in [-0.2, -0.15) is 5.10 Å². The van der Waals surface area contributed by atoms with E-state index in [9.17, 15) is 0 Å². The molecule has 0 radical (unpaired) electrons. The van der Waals surface area contributed by atoms with Crippen LogP contribution in [0.5, 0.6) is 5.75 Å². The van der Waals surface area contributed by atoms with Gasteiger partial charge in [-0.1, -0.05) is 33.1 Å². The van der Waals surface area contributed by atoms with Gasteiger partial charge in [-0.25, -0.2) is 0 Å². The number of ether oxygens (including phenoxy) is 1. The van der Waals surface area contributed by atoms with E-state index in [1.54, 1.807) is 7.11 Å². The van der Waals surface area contributed by atoms with Gasteiger partial charge in [-0.15, -0.1) is 0 Å². The lowest BCUT2D eigenvalue weighted by molar-refractivity contribution is 0.211. The van der Waals surface area contributed by atoms with Crippen LogP contribution in [0.2, 0.25) is 0 Å². The van der Waals surface area contributed by atoms with Gasteiger partial charge < -0.3 is 10.1 Å². The zero-order valence-electron chi connectivity index (χ0n) is 14.1. The van der Waals surface area contributed by atoms with Crippen molar-refractivity contribution in [3.05, 3.63) is 11.9 Å². The molecule has 0 aromatic carbocycles. The first kappa shape index (κ1) is 16.3. The molecule has 1 aromatic heterocycles. The lowest BCUT2D eigenvalue weighted by Crippen LogP contribution is -2.33. The Labute approximate surface area is 129 Å². The highest BCUT2D eigenvalue weighted by Crippen LogP contribution is 2.44. The molecule has 120 valence electrons. The number of hydrogen-bond donors (Lipinski definition) is 1. The van der Waals surface area contributed by atoms with Crippen molar-refractivity contribution in [1.29, 1.82) is 0 Å². The van der Waals surface area contributed by atoms with Crippen LogP contribution in [0.4, 0.5) is 0 Å². The Morgan fingerprint density at radius 2 is 2.19 bits per heavy atom. The third kappa shape index (κ3) is 3.79. The van der Waals surface area contributed by atoms with Gasteiger partial charge in [0.1, 0.15) is 0 Å². The Hall–Kier alpha value is -1.03. The first-order valence-corrected chi connectivity index (χ1v) is 8.47. The summed E-state index contributed by atoms with van der Waals surface area (Å²) >= 11 is 0.